The second kappa shape index (κ2) is 8.26. The summed E-state index contributed by atoms with van der Waals surface area (Å²) in [5.41, 5.74) is 0.894. The Morgan fingerprint density at radius 3 is 2.60 bits per heavy atom. The van der Waals surface area contributed by atoms with Gasteiger partial charge in [-0.3, -0.25) is 9.69 Å². The number of carbonyl (C=O) groups is 1. The number of likely N-dealkylation sites (N-methyl/N-ethyl adjacent to an activating group) is 1. The lowest BCUT2D eigenvalue weighted by Crippen LogP contribution is -2.49. The molecule has 3 atom stereocenters. The van der Waals surface area contributed by atoms with Gasteiger partial charge >= 0.3 is 0 Å². The van der Waals surface area contributed by atoms with E-state index in [0.717, 1.165) is 31.5 Å². The molecule has 0 N–H and O–H groups in total. The molecule has 3 rings (SSSR count). The second-order valence-corrected chi connectivity index (χ2v) is 7.95. The van der Waals surface area contributed by atoms with Crippen LogP contribution in [0.25, 0.3) is 0 Å². The lowest BCUT2D eigenvalue weighted by atomic mass is 10.1. The molecular formula is C19H26Cl2N2O2. The van der Waals surface area contributed by atoms with Gasteiger partial charge in [-0.25, -0.2) is 0 Å². The molecule has 0 radical (unpaired) electrons. The molecule has 4 nitrogen and oxygen atoms in total. The standard InChI is InChI=1S/C19H26Cl2N2O2/c1-22(19(24)10-13-5-6-15(20)16(21)9-13)17-11-14(25-2)12-18(17)23-7-3-4-8-23/h5-6,9,14,17-18H,3-4,7-8,10-12H2,1-2H3. The van der Waals surface area contributed by atoms with Gasteiger partial charge in [0.2, 0.25) is 5.91 Å². The Morgan fingerprint density at radius 1 is 1.24 bits per heavy atom. The Balaban J connectivity index is 1.69. The Morgan fingerprint density at radius 2 is 1.96 bits per heavy atom. The normalized spacial score (nSPS) is 27.0. The predicted octanol–water partition coefficient (Wildman–Crippen LogP) is 3.64. The van der Waals surface area contributed by atoms with E-state index < -0.39 is 0 Å². The summed E-state index contributed by atoms with van der Waals surface area (Å²) in [6.45, 7) is 2.26. The van der Waals surface area contributed by atoms with E-state index in [0.29, 0.717) is 22.5 Å². The third kappa shape index (κ3) is 4.30. The number of methoxy groups -OCH3 is 1. The van der Waals surface area contributed by atoms with Crippen molar-refractivity contribution in [2.45, 2.75) is 50.3 Å². The average molecular weight is 385 g/mol. The van der Waals surface area contributed by atoms with E-state index in [1.807, 2.05) is 18.0 Å². The zero-order valence-electron chi connectivity index (χ0n) is 14.9. The summed E-state index contributed by atoms with van der Waals surface area (Å²) in [7, 11) is 3.69. The van der Waals surface area contributed by atoms with Crippen molar-refractivity contribution in [3.05, 3.63) is 33.8 Å². The van der Waals surface area contributed by atoms with Crippen molar-refractivity contribution in [1.82, 2.24) is 9.80 Å². The molecule has 2 fully saturated rings. The van der Waals surface area contributed by atoms with Crippen molar-refractivity contribution >= 4 is 29.1 Å². The topological polar surface area (TPSA) is 32.8 Å². The molecule has 3 unspecified atom stereocenters. The molecule has 2 aliphatic rings. The summed E-state index contributed by atoms with van der Waals surface area (Å²) in [6.07, 6.45) is 4.99. The van der Waals surface area contributed by atoms with E-state index in [-0.39, 0.29) is 18.1 Å². The van der Waals surface area contributed by atoms with Crippen LogP contribution in [0.2, 0.25) is 10.0 Å². The third-order valence-electron chi connectivity index (χ3n) is 5.63. The molecule has 1 saturated heterocycles. The first-order valence-electron chi connectivity index (χ1n) is 8.96. The van der Waals surface area contributed by atoms with Crippen LogP contribution in [0, 0.1) is 0 Å². The Kier molecular flexibility index (Phi) is 6.26. The minimum absolute atomic E-state index is 0.115. The van der Waals surface area contributed by atoms with E-state index in [2.05, 4.69) is 4.90 Å². The van der Waals surface area contributed by atoms with Crippen LogP contribution < -0.4 is 0 Å². The smallest absolute Gasteiger partial charge is 0.227 e. The SMILES string of the molecule is COC1CC(N2CCCC2)C(N(C)C(=O)Cc2ccc(Cl)c(Cl)c2)C1. The van der Waals surface area contributed by atoms with Crippen LogP contribution in [-0.4, -0.2) is 61.1 Å². The van der Waals surface area contributed by atoms with E-state index in [9.17, 15) is 4.79 Å². The summed E-state index contributed by atoms with van der Waals surface area (Å²) in [5, 5.41) is 1.00. The van der Waals surface area contributed by atoms with E-state index >= 15 is 0 Å². The van der Waals surface area contributed by atoms with Crippen molar-refractivity contribution in [1.29, 1.82) is 0 Å². The zero-order valence-corrected chi connectivity index (χ0v) is 16.4. The highest BCUT2D eigenvalue weighted by atomic mass is 35.5. The van der Waals surface area contributed by atoms with Crippen molar-refractivity contribution in [3.63, 3.8) is 0 Å². The van der Waals surface area contributed by atoms with Gasteiger partial charge in [0, 0.05) is 26.2 Å². The summed E-state index contributed by atoms with van der Waals surface area (Å²) in [6, 6.07) is 5.99. The van der Waals surface area contributed by atoms with Crippen LogP contribution in [0.4, 0.5) is 0 Å². The summed E-state index contributed by atoms with van der Waals surface area (Å²) in [5.74, 6) is 0.115. The maximum atomic E-state index is 12.8. The highest BCUT2D eigenvalue weighted by Gasteiger charge is 2.41. The van der Waals surface area contributed by atoms with Crippen LogP contribution >= 0.6 is 23.2 Å². The van der Waals surface area contributed by atoms with Gasteiger partial charge in [0.15, 0.2) is 0 Å². The number of amides is 1. The number of rotatable bonds is 5. The highest BCUT2D eigenvalue weighted by Crippen LogP contribution is 2.32. The minimum Gasteiger partial charge on any atom is -0.381 e. The minimum atomic E-state index is 0.115. The molecule has 1 amide bonds. The lowest BCUT2D eigenvalue weighted by Gasteiger charge is -2.35. The fraction of sp³-hybridized carbons (Fsp3) is 0.632. The first-order chi connectivity index (χ1) is 12.0. The largest absolute Gasteiger partial charge is 0.381 e. The number of ether oxygens (including phenoxy) is 1. The van der Waals surface area contributed by atoms with E-state index in [1.54, 1.807) is 19.2 Å². The molecule has 1 aliphatic heterocycles. The summed E-state index contributed by atoms with van der Waals surface area (Å²) < 4.78 is 5.61. The Hall–Kier alpha value is -0.810. The van der Waals surface area contributed by atoms with Crippen molar-refractivity contribution in [3.8, 4) is 0 Å². The molecule has 6 heteroatoms. The van der Waals surface area contributed by atoms with Crippen LogP contribution in [0.5, 0.6) is 0 Å². The number of hydrogen-bond acceptors (Lipinski definition) is 3. The van der Waals surface area contributed by atoms with Crippen LogP contribution in [0.3, 0.4) is 0 Å². The van der Waals surface area contributed by atoms with Crippen molar-refractivity contribution in [2.75, 3.05) is 27.2 Å². The van der Waals surface area contributed by atoms with E-state index in [1.165, 1.54) is 12.8 Å². The average Bonchev–Trinajstić information content (AvgIpc) is 3.26. The van der Waals surface area contributed by atoms with Gasteiger partial charge < -0.3 is 9.64 Å². The quantitative estimate of drug-likeness (QED) is 0.776. The van der Waals surface area contributed by atoms with Crippen LogP contribution in [-0.2, 0) is 16.0 Å². The van der Waals surface area contributed by atoms with E-state index in [4.69, 9.17) is 27.9 Å². The molecule has 1 saturated carbocycles. The molecule has 1 aliphatic carbocycles. The third-order valence-corrected chi connectivity index (χ3v) is 6.37. The fourth-order valence-corrected chi connectivity index (χ4v) is 4.48. The lowest BCUT2D eigenvalue weighted by molar-refractivity contribution is -0.132. The molecule has 1 heterocycles. The van der Waals surface area contributed by atoms with Gasteiger partial charge in [0.25, 0.3) is 0 Å². The van der Waals surface area contributed by atoms with Gasteiger partial charge in [-0.2, -0.15) is 0 Å². The molecule has 0 aromatic heterocycles. The van der Waals surface area contributed by atoms with Crippen molar-refractivity contribution < 1.29 is 9.53 Å². The number of benzene rings is 1. The van der Waals surface area contributed by atoms with Gasteiger partial charge in [0.1, 0.15) is 0 Å². The Bertz CT molecular complexity index is 619. The van der Waals surface area contributed by atoms with Crippen molar-refractivity contribution in [2.24, 2.45) is 0 Å². The molecule has 0 spiro atoms. The second-order valence-electron chi connectivity index (χ2n) is 7.14. The molecule has 138 valence electrons. The fourth-order valence-electron chi connectivity index (χ4n) is 4.16. The molecule has 25 heavy (non-hydrogen) atoms. The highest BCUT2D eigenvalue weighted by molar-refractivity contribution is 6.42. The monoisotopic (exact) mass is 384 g/mol. The molecule has 1 aromatic rings. The van der Waals surface area contributed by atoms with Crippen LogP contribution in [0.1, 0.15) is 31.2 Å². The first kappa shape index (κ1) is 19.0. The zero-order chi connectivity index (χ0) is 18.0. The summed E-state index contributed by atoms with van der Waals surface area (Å²) >= 11 is 12.0. The Labute approximate surface area is 160 Å². The number of hydrogen-bond donors (Lipinski definition) is 0. The maximum Gasteiger partial charge on any atom is 0.227 e. The summed E-state index contributed by atoms with van der Waals surface area (Å²) in [4.78, 5) is 17.3. The van der Waals surface area contributed by atoms with Gasteiger partial charge in [0.05, 0.1) is 22.6 Å². The van der Waals surface area contributed by atoms with Gasteiger partial charge in [-0.15, -0.1) is 0 Å². The number of halogens is 2. The van der Waals surface area contributed by atoms with Gasteiger partial charge in [-0.1, -0.05) is 29.3 Å². The first-order valence-corrected chi connectivity index (χ1v) is 9.71. The molecule has 0 bridgehead atoms. The maximum absolute atomic E-state index is 12.8. The van der Waals surface area contributed by atoms with Gasteiger partial charge in [-0.05, 0) is 56.5 Å². The molecular weight excluding hydrogens is 359 g/mol. The predicted molar refractivity (Wildman–Crippen MR) is 101 cm³/mol. The molecule has 1 aromatic carbocycles. The number of carbonyl (C=O) groups excluding carboxylic acids is 1. The van der Waals surface area contributed by atoms with Crippen LogP contribution in [0.15, 0.2) is 18.2 Å². The number of likely N-dealkylation sites (tertiary alicyclic amines) is 1. The number of nitrogens with zero attached hydrogens (tertiary/aromatic N) is 2.